The zero-order valence-electron chi connectivity index (χ0n) is 11.3. The van der Waals surface area contributed by atoms with Crippen LogP contribution in [-0.2, 0) is 4.79 Å². The van der Waals surface area contributed by atoms with Gasteiger partial charge in [-0.05, 0) is 40.3 Å². The molecule has 0 amide bonds. The van der Waals surface area contributed by atoms with Crippen molar-refractivity contribution in [1.82, 2.24) is 10.3 Å². The fraction of sp³-hybridized carbons (Fsp3) is 0.357. The number of nitrogens with one attached hydrogen (secondary N) is 1. The highest BCUT2D eigenvalue weighted by molar-refractivity contribution is 6.30. The van der Waals surface area contributed by atoms with Crippen molar-refractivity contribution in [3.63, 3.8) is 0 Å². The summed E-state index contributed by atoms with van der Waals surface area (Å²) in [5.74, 6) is 0.939. The number of hydrogen-bond donors (Lipinski definition) is 2. The lowest BCUT2D eigenvalue weighted by molar-refractivity contribution is -0.120. The molecule has 0 saturated heterocycles. The van der Waals surface area contributed by atoms with Gasteiger partial charge in [-0.1, -0.05) is 23.7 Å². The minimum Gasteiger partial charge on any atom is -0.378 e. The molecule has 110 valence electrons. The number of aromatic nitrogens is 2. The first-order valence-corrected chi connectivity index (χ1v) is 7.11. The number of Topliss-reactive ketones (excluding diaryl/α,β-unsaturated/α-hetero) is 1. The third-order valence-corrected chi connectivity index (χ3v) is 3.93. The van der Waals surface area contributed by atoms with Gasteiger partial charge >= 0.3 is 0 Å². The van der Waals surface area contributed by atoms with Gasteiger partial charge in [0.1, 0.15) is 5.78 Å². The highest BCUT2D eigenvalue weighted by Crippen LogP contribution is 2.33. The summed E-state index contributed by atoms with van der Waals surface area (Å²) >= 11 is 6.02. The molecule has 21 heavy (non-hydrogen) atoms. The molecule has 1 heterocycles. The number of anilines is 2. The molecule has 0 radical (unpaired) electrons. The molecule has 3 N–H and O–H groups in total. The largest absolute Gasteiger partial charge is 0.378 e. The van der Waals surface area contributed by atoms with Gasteiger partial charge in [0.15, 0.2) is 0 Å². The molecule has 2 aromatic rings. The van der Waals surface area contributed by atoms with Crippen LogP contribution in [0.5, 0.6) is 0 Å². The Bertz CT molecular complexity index is 658. The van der Waals surface area contributed by atoms with Crippen LogP contribution in [0.4, 0.5) is 11.6 Å². The van der Waals surface area contributed by atoms with E-state index >= 15 is 0 Å². The van der Waals surface area contributed by atoms with E-state index in [0.717, 1.165) is 12.0 Å². The van der Waals surface area contributed by atoms with Crippen molar-refractivity contribution in [2.45, 2.75) is 31.2 Å². The van der Waals surface area contributed by atoms with E-state index in [1.807, 2.05) is 24.3 Å². The van der Waals surface area contributed by atoms with Gasteiger partial charge in [0.25, 0.3) is 0 Å². The summed E-state index contributed by atoms with van der Waals surface area (Å²) in [4.78, 5) is 12.0. The van der Waals surface area contributed by atoms with Gasteiger partial charge in [0.2, 0.25) is 11.6 Å². The molecule has 0 aliphatic heterocycles. The highest BCUT2D eigenvalue weighted by atomic mass is 35.5. The summed E-state index contributed by atoms with van der Waals surface area (Å²) in [5.41, 5.74) is 6.70. The summed E-state index contributed by atoms with van der Waals surface area (Å²) < 4.78 is 4.55. The Morgan fingerprint density at radius 3 is 2.90 bits per heavy atom. The number of halogens is 1. The van der Waals surface area contributed by atoms with Gasteiger partial charge in [-0.25, -0.2) is 4.63 Å². The summed E-state index contributed by atoms with van der Waals surface area (Å²) in [6.45, 7) is 0. The molecule has 6 nitrogen and oxygen atoms in total. The van der Waals surface area contributed by atoms with E-state index in [1.165, 1.54) is 0 Å². The Morgan fingerprint density at radius 1 is 1.33 bits per heavy atom. The van der Waals surface area contributed by atoms with Crippen LogP contribution in [-0.4, -0.2) is 22.1 Å². The van der Waals surface area contributed by atoms with Crippen molar-refractivity contribution in [1.29, 1.82) is 0 Å². The first-order chi connectivity index (χ1) is 10.1. The quantitative estimate of drug-likeness (QED) is 0.905. The summed E-state index contributed by atoms with van der Waals surface area (Å²) in [6, 6.07) is 7.60. The monoisotopic (exact) mass is 306 g/mol. The zero-order chi connectivity index (χ0) is 14.8. The predicted octanol–water partition coefficient (Wildman–Crippen LogP) is 2.62. The highest BCUT2D eigenvalue weighted by Gasteiger charge is 2.29. The number of carbonyl (C=O) groups is 1. The summed E-state index contributed by atoms with van der Waals surface area (Å²) in [6.07, 6.45) is 1.78. The standard InChI is InChI=1S/C14H15ClN4O2/c15-10-3-1-2-8(4-10)9-5-11(7-12(20)6-9)17-14-13(16)18-21-19-14/h1-4,9,11H,5-7H2,(H2,16,18)(H,17,19). The Morgan fingerprint density at radius 2 is 2.19 bits per heavy atom. The molecule has 1 aromatic carbocycles. The Balaban J connectivity index is 1.75. The van der Waals surface area contributed by atoms with E-state index in [0.29, 0.717) is 23.7 Å². The maximum absolute atomic E-state index is 12.0. The minimum atomic E-state index is -0.0376. The van der Waals surface area contributed by atoms with E-state index in [9.17, 15) is 4.79 Å². The minimum absolute atomic E-state index is 0.0376. The number of carbonyl (C=O) groups excluding carboxylic acids is 1. The van der Waals surface area contributed by atoms with Crippen molar-refractivity contribution in [2.24, 2.45) is 0 Å². The molecular formula is C14H15ClN4O2. The van der Waals surface area contributed by atoms with Gasteiger partial charge in [0, 0.05) is 23.9 Å². The Hall–Kier alpha value is -2.08. The number of rotatable bonds is 3. The van der Waals surface area contributed by atoms with Crippen LogP contribution in [0.3, 0.4) is 0 Å². The molecule has 1 fully saturated rings. The molecular weight excluding hydrogens is 292 g/mol. The first-order valence-electron chi connectivity index (χ1n) is 6.73. The third kappa shape index (κ3) is 3.16. The van der Waals surface area contributed by atoms with Crippen molar-refractivity contribution in [3.8, 4) is 0 Å². The van der Waals surface area contributed by atoms with Gasteiger partial charge < -0.3 is 11.1 Å². The number of benzene rings is 1. The molecule has 1 aliphatic carbocycles. The molecule has 1 saturated carbocycles. The van der Waals surface area contributed by atoms with E-state index in [4.69, 9.17) is 17.3 Å². The van der Waals surface area contributed by atoms with Crippen LogP contribution in [0, 0.1) is 0 Å². The molecule has 0 spiro atoms. The SMILES string of the molecule is Nc1nonc1NC1CC(=O)CC(c2cccc(Cl)c2)C1. The van der Waals surface area contributed by atoms with Crippen molar-refractivity contribution in [2.75, 3.05) is 11.1 Å². The van der Waals surface area contributed by atoms with E-state index in [-0.39, 0.29) is 23.6 Å². The normalized spacial score (nSPS) is 22.2. The fourth-order valence-electron chi connectivity index (χ4n) is 2.76. The lowest BCUT2D eigenvalue weighted by atomic mass is 9.80. The van der Waals surface area contributed by atoms with E-state index in [1.54, 1.807) is 0 Å². The van der Waals surface area contributed by atoms with Crippen LogP contribution in [0.25, 0.3) is 0 Å². The molecule has 1 aromatic heterocycles. The number of nitrogens with two attached hydrogens (primary N) is 1. The van der Waals surface area contributed by atoms with Crippen LogP contribution in [0.15, 0.2) is 28.9 Å². The zero-order valence-corrected chi connectivity index (χ0v) is 12.0. The van der Waals surface area contributed by atoms with Gasteiger partial charge in [-0.15, -0.1) is 0 Å². The van der Waals surface area contributed by atoms with Crippen LogP contribution >= 0.6 is 11.6 Å². The molecule has 2 atom stereocenters. The second-order valence-electron chi connectivity index (χ2n) is 5.27. The van der Waals surface area contributed by atoms with Crippen LogP contribution in [0.1, 0.15) is 30.7 Å². The third-order valence-electron chi connectivity index (χ3n) is 3.69. The van der Waals surface area contributed by atoms with Crippen molar-refractivity contribution in [3.05, 3.63) is 34.9 Å². The summed E-state index contributed by atoms with van der Waals surface area (Å²) in [5, 5.41) is 11.0. The van der Waals surface area contributed by atoms with Crippen LogP contribution in [0.2, 0.25) is 5.02 Å². The number of nitrogen functional groups attached to an aromatic ring is 1. The average Bonchev–Trinajstić information content (AvgIpc) is 2.84. The fourth-order valence-corrected chi connectivity index (χ4v) is 2.96. The first kappa shape index (κ1) is 13.9. The average molecular weight is 307 g/mol. The lowest BCUT2D eigenvalue weighted by Gasteiger charge is -2.29. The number of hydrogen-bond acceptors (Lipinski definition) is 6. The van der Waals surface area contributed by atoms with Gasteiger partial charge in [-0.3, -0.25) is 4.79 Å². The number of ketones is 1. The maximum Gasteiger partial charge on any atom is 0.215 e. The lowest BCUT2D eigenvalue weighted by Crippen LogP contribution is -2.31. The molecule has 0 bridgehead atoms. The second kappa shape index (κ2) is 5.73. The van der Waals surface area contributed by atoms with Gasteiger partial charge in [0.05, 0.1) is 0 Å². The number of nitrogens with zero attached hydrogens (tertiary/aromatic N) is 2. The molecule has 2 unspecified atom stereocenters. The Kier molecular flexibility index (Phi) is 3.79. The molecule has 7 heteroatoms. The van der Waals surface area contributed by atoms with Gasteiger partial charge in [-0.2, -0.15) is 0 Å². The Labute approximate surface area is 126 Å². The van der Waals surface area contributed by atoms with E-state index < -0.39 is 0 Å². The van der Waals surface area contributed by atoms with Crippen LogP contribution < -0.4 is 11.1 Å². The maximum atomic E-state index is 12.0. The van der Waals surface area contributed by atoms with Crippen molar-refractivity contribution < 1.29 is 9.42 Å². The summed E-state index contributed by atoms with van der Waals surface area (Å²) in [7, 11) is 0. The predicted molar refractivity (Wildman–Crippen MR) is 79.2 cm³/mol. The second-order valence-corrected chi connectivity index (χ2v) is 5.71. The molecule has 1 aliphatic rings. The molecule has 3 rings (SSSR count). The van der Waals surface area contributed by atoms with Crippen molar-refractivity contribution >= 4 is 29.0 Å². The topological polar surface area (TPSA) is 94.0 Å². The smallest absolute Gasteiger partial charge is 0.215 e. The van der Waals surface area contributed by atoms with E-state index in [2.05, 4.69) is 20.3 Å².